The fourth-order valence-electron chi connectivity index (χ4n) is 1.92. The molecule has 6 nitrogen and oxygen atoms in total. The number of hydrogen-bond donors (Lipinski definition) is 2. The molecular formula is C14H16F4N4O2. The van der Waals surface area contributed by atoms with Crippen LogP contribution in [0.15, 0.2) is 24.3 Å². The maximum Gasteiger partial charge on any atom is 0.408 e. The van der Waals surface area contributed by atoms with Crippen molar-refractivity contribution >= 4 is 0 Å². The molecule has 0 unspecified atom stereocenters. The number of aromatic nitrogens is 3. The van der Waals surface area contributed by atoms with E-state index in [2.05, 4.69) is 10.1 Å². The number of aliphatic hydroxyl groups excluding tert-OH is 1. The van der Waals surface area contributed by atoms with E-state index in [9.17, 15) is 22.7 Å². The van der Waals surface area contributed by atoms with E-state index < -0.39 is 30.7 Å². The zero-order valence-electron chi connectivity index (χ0n) is 12.7. The predicted octanol–water partition coefficient (Wildman–Crippen LogP) is 1.94. The molecular weight excluding hydrogens is 332 g/mol. The minimum absolute atomic E-state index is 0.0605. The molecule has 0 spiro atoms. The van der Waals surface area contributed by atoms with E-state index in [1.165, 1.54) is 25.1 Å². The van der Waals surface area contributed by atoms with Crippen LogP contribution in [0, 0.1) is 5.82 Å². The van der Waals surface area contributed by atoms with Crippen LogP contribution < -0.4 is 10.5 Å². The van der Waals surface area contributed by atoms with Gasteiger partial charge in [0.25, 0.3) is 0 Å². The summed E-state index contributed by atoms with van der Waals surface area (Å²) in [6.45, 7) is -0.330. The van der Waals surface area contributed by atoms with Crippen molar-refractivity contribution in [1.29, 1.82) is 0 Å². The minimum atomic E-state index is -4.53. The number of ether oxygens (including phenoxy) is 1. The number of aliphatic hydroxyl groups is 1. The lowest BCUT2D eigenvalue weighted by atomic mass is 10.2. The van der Waals surface area contributed by atoms with Gasteiger partial charge in [-0.1, -0.05) is 6.07 Å². The summed E-state index contributed by atoms with van der Waals surface area (Å²) in [5.74, 6) is -0.599. The Morgan fingerprint density at radius 2 is 2.08 bits per heavy atom. The van der Waals surface area contributed by atoms with Crippen LogP contribution >= 0.6 is 0 Å². The third-order valence-corrected chi connectivity index (χ3v) is 3.06. The number of nitrogens with zero attached hydrogens (tertiary/aromatic N) is 3. The first-order valence-electron chi connectivity index (χ1n) is 6.98. The van der Waals surface area contributed by atoms with Crippen molar-refractivity contribution in [2.45, 2.75) is 38.4 Å². The van der Waals surface area contributed by atoms with Crippen LogP contribution in [0.2, 0.25) is 0 Å². The van der Waals surface area contributed by atoms with E-state index in [1.807, 2.05) is 0 Å². The van der Waals surface area contributed by atoms with Gasteiger partial charge in [-0.3, -0.25) is 0 Å². The highest BCUT2D eigenvalue weighted by atomic mass is 19.4. The summed E-state index contributed by atoms with van der Waals surface area (Å²) in [6.07, 6.45) is -5.64. The molecule has 1 aromatic heterocycles. The minimum Gasteiger partial charge on any atom is -0.485 e. The van der Waals surface area contributed by atoms with Crippen LogP contribution in [0.25, 0.3) is 0 Å². The van der Waals surface area contributed by atoms with Gasteiger partial charge < -0.3 is 15.6 Å². The third kappa shape index (κ3) is 4.90. The molecule has 2 rings (SSSR count). The Kier molecular flexibility index (Phi) is 5.40. The molecule has 0 aliphatic heterocycles. The van der Waals surface area contributed by atoms with Crippen LogP contribution in [0.4, 0.5) is 17.6 Å². The molecule has 24 heavy (non-hydrogen) atoms. The van der Waals surface area contributed by atoms with Crippen LogP contribution in [-0.4, -0.2) is 32.2 Å². The van der Waals surface area contributed by atoms with Crippen molar-refractivity contribution in [1.82, 2.24) is 14.8 Å². The normalized spacial score (nSPS) is 14.5. The van der Waals surface area contributed by atoms with Gasteiger partial charge >= 0.3 is 6.18 Å². The van der Waals surface area contributed by atoms with Gasteiger partial charge in [0.15, 0.2) is 5.82 Å². The number of alkyl halides is 3. The Labute approximate surface area is 134 Å². The lowest BCUT2D eigenvalue weighted by Crippen LogP contribution is -2.29. The number of rotatable bonds is 6. The first-order chi connectivity index (χ1) is 11.2. The monoisotopic (exact) mass is 348 g/mol. The molecule has 1 aromatic carbocycles. The predicted molar refractivity (Wildman–Crippen MR) is 75.4 cm³/mol. The quantitative estimate of drug-likeness (QED) is 0.779. The average molecular weight is 348 g/mol. The van der Waals surface area contributed by atoms with Crippen molar-refractivity contribution in [3.8, 4) is 5.75 Å². The Balaban J connectivity index is 2.19. The van der Waals surface area contributed by atoms with E-state index in [-0.39, 0.29) is 24.0 Å². The van der Waals surface area contributed by atoms with Crippen molar-refractivity contribution in [2.24, 2.45) is 5.73 Å². The number of hydrogen-bond acceptors (Lipinski definition) is 5. The molecule has 3 N–H and O–H groups in total. The number of benzene rings is 1. The second kappa shape index (κ2) is 7.14. The molecule has 0 aliphatic rings. The lowest BCUT2D eigenvalue weighted by molar-refractivity contribution is -0.143. The SMILES string of the molecule is C[C@H](O)[C@@H](N)c1nc(COc2cccc(F)c2)nn1CC(F)(F)F. The molecule has 2 atom stereocenters. The highest BCUT2D eigenvalue weighted by Crippen LogP contribution is 2.21. The van der Waals surface area contributed by atoms with Crippen LogP contribution in [-0.2, 0) is 13.2 Å². The largest absolute Gasteiger partial charge is 0.485 e. The second-order valence-electron chi connectivity index (χ2n) is 5.17. The van der Waals surface area contributed by atoms with Crippen LogP contribution in [0.5, 0.6) is 5.75 Å². The molecule has 0 saturated carbocycles. The fraction of sp³-hybridized carbons (Fsp3) is 0.429. The Morgan fingerprint density at radius 1 is 1.38 bits per heavy atom. The summed E-state index contributed by atoms with van der Waals surface area (Å²) in [5.41, 5.74) is 5.67. The highest BCUT2D eigenvalue weighted by molar-refractivity contribution is 5.22. The van der Waals surface area contributed by atoms with E-state index in [1.54, 1.807) is 0 Å². The number of nitrogens with two attached hydrogens (primary N) is 1. The molecule has 2 aromatic rings. The smallest absolute Gasteiger partial charge is 0.408 e. The maximum atomic E-state index is 13.1. The van der Waals surface area contributed by atoms with Gasteiger partial charge in [0.1, 0.15) is 30.5 Å². The van der Waals surface area contributed by atoms with Crippen molar-refractivity contribution in [3.05, 3.63) is 41.7 Å². The Bertz CT molecular complexity index is 688. The third-order valence-electron chi connectivity index (χ3n) is 3.06. The summed E-state index contributed by atoms with van der Waals surface area (Å²) in [7, 11) is 0. The topological polar surface area (TPSA) is 86.2 Å². The Morgan fingerprint density at radius 3 is 2.67 bits per heavy atom. The lowest BCUT2D eigenvalue weighted by Gasteiger charge is -2.15. The van der Waals surface area contributed by atoms with E-state index in [4.69, 9.17) is 10.5 Å². The summed E-state index contributed by atoms with van der Waals surface area (Å²) in [5, 5.41) is 13.2. The maximum absolute atomic E-state index is 13.1. The van der Waals surface area contributed by atoms with Gasteiger partial charge in [0.2, 0.25) is 0 Å². The van der Waals surface area contributed by atoms with Crippen molar-refractivity contribution < 1.29 is 27.4 Å². The molecule has 0 aliphatic carbocycles. The first kappa shape index (κ1) is 18.1. The van der Waals surface area contributed by atoms with Gasteiger partial charge in [0.05, 0.1) is 12.1 Å². The zero-order chi connectivity index (χ0) is 17.9. The molecule has 1 heterocycles. The number of halogens is 4. The summed E-state index contributed by atoms with van der Waals surface area (Å²) in [4.78, 5) is 3.90. The second-order valence-corrected chi connectivity index (χ2v) is 5.17. The van der Waals surface area contributed by atoms with Crippen molar-refractivity contribution in [2.75, 3.05) is 0 Å². The molecule has 132 valence electrons. The molecule has 0 bridgehead atoms. The molecule has 0 saturated heterocycles. The zero-order valence-corrected chi connectivity index (χ0v) is 12.7. The summed E-state index contributed by atoms with van der Waals surface area (Å²) < 4.78 is 56.8. The molecule has 10 heteroatoms. The van der Waals surface area contributed by atoms with Gasteiger partial charge in [-0.2, -0.15) is 18.3 Å². The summed E-state index contributed by atoms with van der Waals surface area (Å²) in [6, 6.07) is 4.12. The highest BCUT2D eigenvalue weighted by Gasteiger charge is 2.32. The van der Waals surface area contributed by atoms with E-state index >= 15 is 0 Å². The van der Waals surface area contributed by atoms with Crippen LogP contribution in [0.3, 0.4) is 0 Å². The molecule has 0 fully saturated rings. The van der Waals surface area contributed by atoms with Gasteiger partial charge in [-0.15, -0.1) is 0 Å². The average Bonchev–Trinajstić information content (AvgIpc) is 2.85. The molecule has 0 radical (unpaired) electrons. The van der Waals surface area contributed by atoms with Gasteiger partial charge in [-0.05, 0) is 19.1 Å². The van der Waals surface area contributed by atoms with Gasteiger partial charge in [0, 0.05) is 6.07 Å². The fourth-order valence-corrected chi connectivity index (χ4v) is 1.92. The van der Waals surface area contributed by atoms with E-state index in [0.717, 1.165) is 6.07 Å². The van der Waals surface area contributed by atoms with E-state index in [0.29, 0.717) is 4.68 Å². The standard InChI is InChI=1S/C14H16F4N4O2/c1-8(23)12(19)13-20-11(21-22(13)7-14(16,17)18)6-24-10-4-2-3-9(15)5-10/h2-5,8,12,23H,6-7,19H2,1H3/t8-,12+/m0/s1. The van der Waals surface area contributed by atoms with Gasteiger partial charge in [-0.25, -0.2) is 14.1 Å². The Hall–Kier alpha value is -2.20. The first-order valence-corrected chi connectivity index (χ1v) is 6.98. The molecule has 0 amide bonds. The van der Waals surface area contributed by atoms with Crippen molar-refractivity contribution in [3.63, 3.8) is 0 Å². The van der Waals surface area contributed by atoms with Crippen LogP contribution in [0.1, 0.15) is 24.6 Å². The summed E-state index contributed by atoms with van der Waals surface area (Å²) >= 11 is 0.